The number of methoxy groups -OCH3 is 1. The maximum atomic E-state index is 11.9. The van der Waals surface area contributed by atoms with Gasteiger partial charge in [-0.1, -0.05) is 13.8 Å². The van der Waals surface area contributed by atoms with Crippen LogP contribution in [0.5, 0.6) is 0 Å². The van der Waals surface area contributed by atoms with Gasteiger partial charge in [0.15, 0.2) is 0 Å². The highest BCUT2D eigenvalue weighted by molar-refractivity contribution is 5.78. The summed E-state index contributed by atoms with van der Waals surface area (Å²) in [6, 6.07) is 0.523. The van der Waals surface area contributed by atoms with Crippen molar-refractivity contribution in [2.75, 3.05) is 20.2 Å². The minimum absolute atomic E-state index is 0.0298. The van der Waals surface area contributed by atoms with Crippen LogP contribution in [0.15, 0.2) is 0 Å². The molecule has 3 unspecified atom stereocenters. The standard InChI is InChI=1S/C16H28N2O3/c1-10(2)15(19)17-14-7-13(16(20)21-4)8-18(9-14)11(3)12-5-6-12/h10-14H,5-9H2,1-4H3,(H,17,19). The van der Waals surface area contributed by atoms with Crippen LogP contribution in [-0.4, -0.2) is 49.1 Å². The number of hydrogen-bond donors (Lipinski definition) is 1. The summed E-state index contributed by atoms with van der Waals surface area (Å²) in [5, 5.41) is 3.08. The lowest BCUT2D eigenvalue weighted by molar-refractivity contribution is -0.148. The Hall–Kier alpha value is -1.10. The maximum absolute atomic E-state index is 11.9. The molecule has 120 valence electrons. The first kappa shape index (κ1) is 16.3. The van der Waals surface area contributed by atoms with E-state index in [1.54, 1.807) is 0 Å². The molecule has 5 nitrogen and oxygen atoms in total. The molecule has 0 aromatic rings. The Balaban J connectivity index is 2.02. The number of esters is 1. The van der Waals surface area contributed by atoms with Gasteiger partial charge in [-0.15, -0.1) is 0 Å². The number of carbonyl (C=O) groups excluding carboxylic acids is 2. The molecular weight excluding hydrogens is 268 g/mol. The maximum Gasteiger partial charge on any atom is 0.310 e. The van der Waals surface area contributed by atoms with E-state index in [1.807, 2.05) is 13.8 Å². The van der Waals surface area contributed by atoms with E-state index >= 15 is 0 Å². The molecule has 1 N–H and O–H groups in total. The molecule has 3 atom stereocenters. The predicted molar refractivity (Wildman–Crippen MR) is 80.7 cm³/mol. The lowest BCUT2D eigenvalue weighted by Gasteiger charge is -2.40. The molecule has 0 radical (unpaired) electrons. The van der Waals surface area contributed by atoms with Gasteiger partial charge >= 0.3 is 5.97 Å². The molecule has 0 bridgehead atoms. The Morgan fingerprint density at radius 3 is 2.38 bits per heavy atom. The Morgan fingerprint density at radius 2 is 1.86 bits per heavy atom. The van der Waals surface area contributed by atoms with Crippen LogP contribution in [0.1, 0.15) is 40.0 Å². The fourth-order valence-electron chi connectivity index (χ4n) is 3.15. The molecule has 2 rings (SSSR count). The van der Waals surface area contributed by atoms with Gasteiger partial charge in [0.05, 0.1) is 13.0 Å². The van der Waals surface area contributed by atoms with Crippen LogP contribution in [0, 0.1) is 17.8 Å². The topological polar surface area (TPSA) is 58.6 Å². The van der Waals surface area contributed by atoms with Crippen LogP contribution in [0.25, 0.3) is 0 Å². The summed E-state index contributed by atoms with van der Waals surface area (Å²) in [7, 11) is 1.44. The summed E-state index contributed by atoms with van der Waals surface area (Å²) < 4.78 is 4.92. The van der Waals surface area contributed by atoms with E-state index < -0.39 is 0 Å². The quantitative estimate of drug-likeness (QED) is 0.780. The van der Waals surface area contributed by atoms with E-state index in [4.69, 9.17) is 4.74 Å². The molecule has 1 amide bonds. The molecule has 1 aliphatic heterocycles. The number of piperidine rings is 1. The van der Waals surface area contributed by atoms with Crippen LogP contribution < -0.4 is 5.32 Å². The lowest BCUT2D eigenvalue weighted by atomic mass is 9.92. The van der Waals surface area contributed by atoms with Gasteiger partial charge in [-0.25, -0.2) is 0 Å². The highest BCUT2D eigenvalue weighted by atomic mass is 16.5. The Labute approximate surface area is 127 Å². The summed E-state index contributed by atoms with van der Waals surface area (Å²) in [6.07, 6.45) is 3.24. The number of carbonyl (C=O) groups is 2. The summed E-state index contributed by atoms with van der Waals surface area (Å²) in [5.74, 6) is 0.485. The van der Waals surface area contributed by atoms with E-state index in [2.05, 4.69) is 17.1 Å². The van der Waals surface area contributed by atoms with Gasteiger partial charge in [0, 0.05) is 31.1 Å². The van der Waals surface area contributed by atoms with Crippen molar-refractivity contribution in [2.24, 2.45) is 17.8 Å². The van der Waals surface area contributed by atoms with Gasteiger partial charge in [0.1, 0.15) is 0 Å². The number of ether oxygens (including phenoxy) is 1. The second-order valence-corrected chi connectivity index (χ2v) is 6.85. The second-order valence-electron chi connectivity index (χ2n) is 6.85. The molecule has 5 heteroatoms. The molecular formula is C16H28N2O3. The Bertz CT molecular complexity index is 393. The highest BCUT2D eigenvalue weighted by Crippen LogP contribution is 2.36. The summed E-state index contributed by atoms with van der Waals surface area (Å²) in [5.41, 5.74) is 0. The molecule has 0 aromatic carbocycles. The largest absolute Gasteiger partial charge is 0.469 e. The van der Waals surface area contributed by atoms with Crippen LogP contribution in [0.2, 0.25) is 0 Å². The van der Waals surface area contributed by atoms with E-state index in [9.17, 15) is 9.59 Å². The zero-order valence-electron chi connectivity index (χ0n) is 13.6. The predicted octanol–water partition coefficient (Wildman–Crippen LogP) is 1.42. The second kappa shape index (κ2) is 6.77. The van der Waals surface area contributed by atoms with E-state index in [0.29, 0.717) is 12.5 Å². The van der Waals surface area contributed by atoms with E-state index in [-0.39, 0.29) is 29.8 Å². The highest BCUT2D eigenvalue weighted by Gasteiger charge is 2.39. The van der Waals surface area contributed by atoms with Crippen molar-refractivity contribution < 1.29 is 14.3 Å². The summed E-state index contributed by atoms with van der Waals surface area (Å²) in [4.78, 5) is 26.2. The number of amides is 1. The van der Waals surface area contributed by atoms with Gasteiger partial charge in [0.2, 0.25) is 5.91 Å². The smallest absolute Gasteiger partial charge is 0.310 e. The average Bonchev–Trinajstić information content (AvgIpc) is 3.29. The molecule has 1 heterocycles. The first-order valence-electron chi connectivity index (χ1n) is 8.04. The number of hydrogen-bond acceptors (Lipinski definition) is 4. The van der Waals surface area contributed by atoms with E-state index in [1.165, 1.54) is 20.0 Å². The number of rotatable bonds is 5. The SMILES string of the molecule is COC(=O)C1CC(NC(=O)C(C)C)CN(C(C)C2CC2)C1. The van der Waals surface area contributed by atoms with Crippen molar-refractivity contribution in [1.82, 2.24) is 10.2 Å². The Morgan fingerprint density at radius 1 is 1.19 bits per heavy atom. The first-order valence-corrected chi connectivity index (χ1v) is 8.04. The van der Waals surface area contributed by atoms with Gasteiger partial charge < -0.3 is 10.1 Å². The fraction of sp³-hybridized carbons (Fsp3) is 0.875. The molecule has 1 aliphatic carbocycles. The number of nitrogens with one attached hydrogen (secondary N) is 1. The molecule has 2 fully saturated rings. The van der Waals surface area contributed by atoms with Crippen molar-refractivity contribution >= 4 is 11.9 Å². The minimum Gasteiger partial charge on any atom is -0.469 e. The normalized spacial score (nSPS) is 28.2. The third kappa shape index (κ3) is 4.19. The monoisotopic (exact) mass is 296 g/mol. The molecule has 21 heavy (non-hydrogen) atoms. The first-order chi connectivity index (χ1) is 9.92. The number of nitrogens with zero attached hydrogens (tertiary/aromatic N) is 1. The molecule has 2 aliphatic rings. The number of likely N-dealkylation sites (tertiary alicyclic amines) is 1. The summed E-state index contributed by atoms with van der Waals surface area (Å²) >= 11 is 0. The van der Waals surface area contributed by atoms with Crippen LogP contribution in [0.4, 0.5) is 0 Å². The molecule has 0 aromatic heterocycles. The lowest BCUT2D eigenvalue weighted by Crippen LogP contribution is -2.55. The van der Waals surface area contributed by atoms with E-state index in [0.717, 1.165) is 19.0 Å². The Kier molecular flexibility index (Phi) is 5.25. The van der Waals surface area contributed by atoms with Crippen molar-refractivity contribution in [3.8, 4) is 0 Å². The van der Waals surface area contributed by atoms with Gasteiger partial charge in [-0.2, -0.15) is 0 Å². The zero-order chi connectivity index (χ0) is 15.6. The van der Waals surface area contributed by atoms with Crippen molar-refractivity contribution in [3.05, 3.63) is 0 Å². The summed E-state index contributed by atoms with van der Waals surface area (Å²) in [6.45, 7) is 7.60. The van der Waals surface area contributed by atoms with Crippen LogP contribution in [-0.2, 0) is 14.3 Å². The van der Waals surface area contributed by atoms with Gasteiger partial charge in [0.25, 0.3) is 0 Å². The third-order valence-corrected chi connectivity index (χ3v) is 4.76. The molecule has 1 saturated heterocycles. The van der Waals surface area contributed by atoms with Crippen molar-refractivity contribution in [3.63, 3.8) is 0 Å². The molecule has 0 spiro atoms. The minimum atomic E-state index is -0.161. The molecule has 1 saturated carbocycles. The van der Waals surface area contributed by atoms with Crippen molar-refractivity contribution in [1.29, 1.82) is 0 Å². The third-order valence-electron chi connectivity index (χ3n) is 4.76. The van der Waals surface area contributed by atoms with Crippen LogP contribution >= 0.6 is 0 Å². The van der Waals surface area contributed by atoms with Crippen LogP contribution in [0.3, 0.4) is 0 Å². The average molecular weight is 296 g/mol. The fourth-order valence-corrected chi connectivity index (χ4v) is 3.15. The zero-order valence-corrected chi connectivity index (χ0v) is 13.6. The van der Waals surface area contributed by atoms with Crippen molar-refractivity contribution in [2.45, 2.75) is 52.1 Å². The van der Waals surface area contributed by atoms with Gasteiger partial charge in [-0.3, -0.25) is 14.5 Å². The van der Waals surface area contributed by atoms with Gasteiger partial charge in [-0.05, 0) is 32.1 Å².